The molecule has 3 unspecified atom stereocenters. The van der Waals surface area contributed by atoms with Gasteiger partial charge in [-0.1, -0.05) is 27.2 Å². The van der Waals surface area contributed by atoms with Crippen molar-refractivity contribution in [2.24, 2.45) is 17.6 Å². The van der Waals surface area contributed by atoms with Crippen molar-refractivity contribution in [3.8, 4) is 0 Å². The van der Waals surface area contributed by atoms with Gasteiger partial charge in [0, 0.05) is 5.54 Å². The van der Waals surface area contributed by atoms with Crippen molar-refractivity contribution >= 4 is 0 Å². The Balaban J connectivity index is 2.60. The average molecular weight is 155 g/mol. The largest absolute Gasteiger partial charge is 0.325 e. The third-order valence-corrected chi connectivity index (χ3v) is 3.46. The van der Waals surface area contributed by atoms with Crippen LogP contribution in [0.1, 0.15) is 46.5 Å². The van der Waals surface area contributed by atoms with Crippen LogP contribution in [0.4, 0.5) is 0 Å². The quantitative estimate of drug-likeness (QED) is 0.618. The molecule has 1 saturated carbocycles. The molecule has 0 spiro atoms. The summed E-state index contributed by atoms with van der Waals surface area (Å²) >= 11 is 0. The molecule has 0 saturated heterocycles. The molecular weight excluding hydrogens is 134 g/mol. The first kappa shape index (κ1) is 9.05. The Kier molecular flexibility index (Phi) is 2.58. The van der Waals surface area contributed by atoms with Crippen molar-refractivity contribution < 1.29 is 0 Å². The highest BCUT2D eigenvalue weighted by molar-refractivity contribution is 4.92. The van der Waals surface area contributed by atoms with Crippen molar-refractivity contribution in [3.63, 3.8) is 0 Å². The fraction of sp³-hybridized carbons (Fsp3) is 1.00. The topological polar surface area (TPSA) is 26.0 Å². The second kappa shape index (κ2) is 3.14. The molecule has 1 aliphatic carbocycles. The van der Waals surface area contributed by atoms with Crippen LogP contribution in [0, 0.1) is 11.8 Å². The van der Waals surface area contributed by atoms with Crippen LogP contribution in [0.15, 0.2) is 0 Å². The molecule has 1 heteroatoms. The van der Waals surface area contributed by atoms with E-state index in [1.54, 1.807) is 0 Å². The van der Waals surface area contributed by atoms with E-state index in [0.29, 0.717) is 0 Å². The molecule has 0 radical (unpaired) electrons. The number of hydrogen-bond donors (Lipinski definition) is 1. The van der Waals surface area contributed by atoms with Gasteiger partial charge in [-0.3, -0.25) is 0 Å². The van der Waals surface area contributed by atoms with E-state index in [4.69, 9.17) is 5.73 Å². The van der Waals surface area contributed by atoms with Gasteiger partial charge in [-0.2, -0.15) is 0 Å². The number of hydrogen-bond acceptors (Lipinski definition) is 1. The zero-order valence-corrected chi connectivity index (χ0v) is 8.06. The van der Waals surface area contributed by atoms with Crippen LogP contribution in [-0.4, -0.2) is 5.54 Å². The molecule has 1 fully saturated rings. The maximum atomic E-state index is 6.29. The normalized spacial score (nSPS) is 45.8. The van der Waals surface area contributed by atoms with Gasteiger partial charge >= 0.3 is 0 Å². The monoisotopic (exact) mass is 155 g/mol. The lowest BCUT2D eigenvalue weighted by atomic mass is 9.69. The minimum absolute atomic E-state index is 0.150. The van der Waals surface area contributed by atoms with Crippen molar-refractivity contribution in [1.82, 2.24) is 0 Å². The van der Waals surface area contributed by atoms with Crippen LogP contribution >= 0.6 is 0 Å². The van der Waals surface area contributed by atoms with E-state index in [1.807, 2.05) is 0 Å². The molecule has 0 aliphatic heterocycles. The summed E-state index contributed by atoms with van der Waals surface area (Å²) in [6, 6.07) is 0. The SMILES string of the molecule is CCC1(N)CC(C)CCC1C. The summed E-state index contributed by atoms with van der Waals surface area (Å²) in [5, 5.41) is 0. The molecule has 0 aromatic heterocycles. The van der Waals surface area contributed by atoms with Gasteiger partial charge in [0.05, 0.1) is 0 Å². The zero-order valence-electron chi connectivity index (χ0n) is 8.06. The molecule has 0 bridgehead atoms. The lowest BCUT2D eigenvalue weighted by molar-refractivity contribution is 0.157. The highest BCUT2D eigenvalue weighted by Gasteiger charge is 2.35. The Morgan fingerprint density at radius 3 is 2.45 bits per heavy atom. The van der Waals surface area contributed by atoms with Crippen LogP contribution in [0.3, 0.4) is 0 Å². The summed E-state index contributed by atoms with van der Waals surface area (Å²) in [6.07, 6.45) is 5.06. The standard InChI is InChI=1S/C10H21N/c1-4-10(11)7-8(2)5-6-9(10)3/h8-9H,4-7,11H2,1-3H3. The predicted octanol–water partition coefficient (Wildman–Crippen LogP) is 2.55. The van der Waals surface area contributed by atoms with E-state index in [2.05, 4.69) is 20.8 Å². The van der Waals surface area contributed by atoms with Crippen molar-refractivity contribution in [2.45, 2.75) is 52.0 Å². The Morgan fingerprint density at radius 1 is 1.36 bits per heavy atom. The zero-order chi connectivity index (χ0) is 8.48. The molecule has 0 amide bonds. The summed E-state index contributed by atoms with van der Waals surface area (Å²) in [4.78, 5) is 0. The highest BCUT2D eigenvalue weighted by Crippen LogP contribution is 2.36. The first-order valence-electron chi connectivity index (χ1n) is 4.87. The first-order valence-corrected chi connectivity index (χ1v) is 4.87. The molecule has 3 atom stereocenters. The van der Waals surface area contributed by atoms with E-state index in [9.17, 15) is 0 Å². The van der Waals surface area contributed by atoms with Crippen LogP contribution < -0.4 is 5.73 Å². The van der Waals surface area contributed by atoms with Gasteiger partial charge in [0.1, 0.15) is 0 Å². The lowest BCUT2D eigenvalue weighted by Gasteiger charge is -2.41. The maximum Gasteiger partial charge on any atom is 0.0180 e. The van der Waals surface area contributed by atoms with Gasteiger partial charge in [0.15, 0.2) is 0 Å². The van der Waals surface area contributed by atoms with Crippen molar-refractivity contribution in [3.05, 3.63) is 0 Å². The van der Waals surface area contributed by atoms with Gasteiger partial charge in [0.2, 0.25) is 0 Å². The van der Waals surface area contributed by atoms with Crippen LogP contribution in [0.25, 0.3) is 0 Å². The van der Waals surface area contributed by atoms with E-state index in [0.717, 1.165) is 18.3 Å². The van der Waals surface area contributed by atoms with Gasteiger partial charge in [-0.15, -0.1) is 0 Å². The third-order valence-electron chi connectivity index (χ3n) is 3.46. The summed E-state index contributed by atoms with van der Waals surface area (Å²) in [5.74, 6) is 1.57. The second-order valence-corrected chi connectivity index (χ2v) is 4.37. The maximum absolute atomic E-state index is 6.29. The summed E-state index contributed by atoms with van der Waals surface area (Å²) in [5.41, 5.74) is 6.44. The highest BCUT2D eigenvalue weighted by atomic mass is 14.8. The Hall–Kier alpha value is -0.0400. The molecule has 1 rings (SSSR count). The molecule has 66 valence electrons. The fourth-order valence-corrected chi connectivity index (χ4v) is 2.27. The first-order chi connectivity index (χ1) is 5.08. The fourth-order valence-electron chi connectivity index (χ4n) is 2.27. The van der Waals surface area contributed by atoms with E-state index in [-0.39, 0.29) is 5.54 Å². The van der Waals surface area contributed by atoms with E-state index >= 15 is 0 Å². The Bertz CT molecular complexity index is 133. The van der Waals surface area contributed by atoms with Crippen LogP contribution in [-0.2, 0) is 0 Å². The molecule has 1 nitrogen and oxygen atoms in total. The molecule has 1 aliphatic rings. The van der Waals surface area contributed by atoms with Gasteiger partial charge in [-0.05, 0) is 31.1 Å². The average Bonchev–Trinajstić information content (AvgIpc) is 1.98. The number of rotatable bonds is 1. The summed E-state index contributed by atoms with van der Waals surface area (Å²) in [6.45, 7) is 6.84. The third kappa shape index (κ3) is 1.76. The molecule has 2 N–H and O–H groups in total. The Labute approximate surface area is 70.4 Å². The smallest absolute Gasteiger partial charge is 0.0180 e. The van der Waals surface area contributed by atoms with E-state index in [1.165, 1.54) is 19.3 Å². The summed E-state index contributed by atoms with van der Waals surface area (Å²) < 4.78 is 0. The molecule has 0 heterocycles. The predicted molar refractivity (Wildman–Crippen MR) is 49.4 cm³/mol. The van der Waals surface area contributed by atoms with Crippen LogP contribution in [0.5, 0.6) is 0 Å². The Morgan fingerprint density at radius 2 is 2.00 bits per heavy atom. The van der Waals surface area contributed by atoms with Crippen molar-refractivity contribution in [1.29, 1.82) is 0 Å². The van der Waals surface area contributed by atoms with Gasteiger partial charge in [0.25, 0.3) is 0 Å². The summed E-state index contributed by atoms with van der Waals surface area (Å²) in [7, 11) is 0. The molecule has 0 aromatic rings. The van der Waals surface area contributed by atoms with Gasteiger partial charge < -0.3 is 5.73 Å². The van der Waals surface area contributed by atoms with E-state index < -0.39 is 0 Å². The molecule has 0 aromatic carbocycles. The molecular formula is C10H21N. The lowest BCUT2D eigenvalue weighted by Crippen LogP contribution is -2.49. The minimum Gasteiger partial charge on any atom is -0.325 e. The second-order valence-electron chi connectivity index (χ2n) is 4.37. The molecule has 11 heavy (non-hydrogen) atoms. The van der Waals surface area contributed by atoms with Gasteiger partial charge in [-0.25, -0.2) is 0 Å². The van der Waals surface area contributed by atoms with Crippen LogP contribution in [0.2, 0.25) is 0 Å². The van der Waals surface area contributed by atoms with Crippen molar-refractivity contribution in [2.75, 3.05) is 0 Å². The number of nitrogens with two attached hydrogens (primary N) is 1. The minimum atomic E-state index is 0.150.